The highest BCUT2D eigenvalue weighted by atomic mass is 15.0. The van der Waals surface area contributed by atoms with Crippen LogP contribution in [-0.2, 0) is 6.54 Å². The third-order valence-corrected chi connectivity index (χ3v) is 3.76. The van der Waals surface area contributed by atoms with Crippen molar-refractivity contribution in [3.05, 3.63) is 42.1 Å². The Kier molecular flexibility index (Phi) is 3.43. The van der Waals surface area contributed by atoms with Gasteiger partial charge in [0.2, 0.25) is 0 Å². The maximum absolute atomic E-state index is 3.39. The van der Waals surface area contributed by atoms with E-state index in [0.717, 1.165) is 26.1 Å². The molecule has 2 heterocycles. The molecule has 2 heteroatoms. The van der Waals surface area contributed by atoms with Crippen LogP contribution in [0.1, 0.15) is 25.8 Å². The number of aromatic nitrogens is 1. The van der Waals surface area contributed by atoms with E-state index in [1.54, 1.807) is 0 Å². The molecule has 3 rings (SSSR count). The molecule has 2 nitrogen and oxygen atoms in total. The lowest BCUT2D eigenvalue weighted by atomic mass is 10.00. The third-order valence-electron chi connectivity index (χ3n) is 3.76. The summed E-state index contributed by atoms with van der Waals surface area (Å²) in [7, 11) is 0. The molecule has 1 aliphatic heterocycles. The summed E-state index contributed by atoms with van der Waals surface area (Å²) in [5.41, 5.74) is 4.29. The Labute approximate surface area is 115 Å². The van der Waals surface area contributed by atoms with Crippen LogP contribution in [0.2, 0.25) is 0 Å². The lowest BCUT2D eigenvalue weighted by molar-refractivity contribution is 0.535. The summed E-state index contributed by atoms with van der Waals surface area (Å²) in [6, 6.07) is 8.78. The van der Waals surface area contributed by atoms with Gasteiger partial charge in [0.15, 0.2) is 0 Å². The number of nitrogens with zero attached hydrogens (tertiary/aromatic N) is 1. The summed E-state index contributed by atoms with van der Waals surface area (Å²) >= 11 is 0. The second-order valence-corrected chi connectivity index (χ2v) is 5.79. The van der Waals surface area contributed by atoms with Gasteiger partial charge in [0.05, 0.1) is 0 Å². The molecule has 0 spiro atoms. The molecule has 1 N–H and O–H groups in total. The van der Waals surface area contributed by atoms with Gasteiger partial charge in [0.25, 0.3) is 0 Å². The Morgan fingerprint density at radius 3 is 2.84 bits per heavy atom. The van der Waals surface area contributed by atoms with Crippen LogP contribution in [0.3, 0.4) is 0 Å². The minimum Gasteiger partial charge on any atom is -0.347 e. The average molecular weight is 254 g/mol. The first kappa shape index (κ1) is 12.5. The summed E-state index contributed by atoms with van der Waals surface area (Å²) in [6.45, 7) is 7.73. The Morgan fingerprint density at radius 1 is 1.26 bits per heavy atom. The monoisotopic (exact) mass is 254 g/mol. The molecule has 1 aromatic heterocycles. The molecule has 1 aromatic carbocycles. The number of hydrogen-bond acceptors (Lipinski definition) is 1. The highest BCUT2D eigenvalue weighted by Crippen LogP contribution is 2.30. The first-order valence-electron chi connectivity index (χ1n) is 7.23. The van der Waals surface area contributed by atoms with Gasteiger partial charge in [0.1, 0.15) is 0 Å². The fraction of sp³-hybridized carbons (Fsp3) is 0.412. The number of nitrogens with one attached hydrogen (secondary N) is 1. The normalized spacial score (nSPS) is 16.1. The second kappa shape index (κ2) is 5.22. The predicted molar refractivity (Wildman–Crippen MR) is 82.2 cm³/mol. The molecule has 0 bridgehead atoms. The van der Waals surface area contributed by atoms with E-state index in [1.165, 1.54) is 22.0 Å². The van der Waals surface area contributed by atoms with E-state index in [1.807, 2.05) is 0 Å². The van der Waals surface area contributed by atoms with Crippen molar-refractivity contribution in [3.63, 3.8) is 0 Å². The lowest BCUT2D eigenvalue weighted by Gasteiger charge is -2.13. The molecule has 0 aliphatic carbocycles. The van der Waals surface area contributed by atoms with Gasteiger partial charge in [-0.2, -0.15) is 0 Å². The SMILES string of the molecule is CC(C)Cn1cc(C2=CCNCC2)c2ccccc21. The van der Waals surface area contributed by atoms with Crippen LogP contribution in [0, 0.1) is 5.92 Å². The summed E-state index contributed by atoms with van der Waals surface area (Å²) in [5, 5.41) is 4.79. The van der Waals surface area contributed by atoms with Crippen molar-refractivity contribution in [1.29, 1.82) is 0 Å². The molecule has 19 heavy (non-hydrogen) atoms. The van der Waals surface area contributed by atoms with Crippen molar-refractivity contribution in [2.75, 3.05) is 13.1 Å². The minimum absolute atomic E-state index is 0.672. The van der Waals surface area contributed by atoms with Crippen molar-refractivity contribution in [1.82, 2.24) is 9.88 Å². The van der Waals surface area contributed by atoms with Crippen LogP contribution in [-0.4, -0.2) is 17.7 Å². The molecule has 0 atom stereocenters. The summed E-state index contributed by atoms with van der Waals surface area (Å²) in [4.78, 5) is 0. The third kappa shape index (κ3) is 2.45. The van der Waals surface area contributed by atoms with Crippen LogP contribution >= 0.6 is 0 Å². The molecule has 0 radical (unpaired) electrons. The van der Waals surface area contributed by atoms with Crippen LogP contribution in [0.4, 0.5) is 0 Å². The van der Waals surface area contributed by atoms with Crippen molar-refractivity contribution < 1.29 is 0 Å². The number of benzene rings is 1. The molecular formula is C17H22N2. The van der Waals surface area contributed by atoms with E-state index >= 15 is 0 Å². The molecular weight excluding hydrogens is 232 g/mol. The molecule has 0 unspecified atom stereocenters. The maximum atomic E-state index is 3.39. The summed E-state index contributed by atoms with van der Waals surface area (Å²) in [6.07, 6.45) is 5.82. The Balaban J connectivity index is 2.11. The maximum Gasteiger partial charge on any atom is 0.0486 e. The molecule has 1 aliphatic rings. The number of fused-ring (bicyclic) bond motifs is 1. The first-order valence-corrected chi connectivity index (χ1v) is 7.23. The smallest absolute Gasteiger partial charge is 0.0486 e. The van der Waals surface area contributed by atoms with E-state index in [9.17, 15) is 0 Å². The Bertz CT molecular complexity index is 605. The fourth-order valence-electron chi connectivity index (χ4n) is 2.91. The van der Waals surface area contributed by atoms with Crippen LogP contribution in [0.5, 0.6) is 0 Å². The molecule has 2 aromatic rings. The molecule has 0 fully saturated rings. The van der Waals surface area contributed by atoms with Crippen LogP contribution in [0.15, 0.2) is 36.5 Å². The van der Waals surface area contributed by atoms with Crippen molar-refractivity contribution >= 4 is 16.5 Å². The van der Waals surface area contributed by atoms with Crippen LogP contribution < -0.4 is 5.32 Å². The van der Waals surface area contributed by atoms with Gasteiger partial charge >= 0.3 is 0 Å². The standard InChI is InChI=1S/C17H22N2/c1-13(2)11-19-12-16(14-7-9-18-10-8-14)15-5-3-4-6-17(15)19/h3-7,12-13,18H,8-11H2,1-2H3. The van der Waals surface area contributed by atoms with E-state index in [-0.39, 0.29) is 0 Å². The topological polar surface area (TPSA) is 17.0 Å². The van der Waals surface area contributed by atoms with Gasteiger partial charge in [-0.3, -0.25) is 0 Å². The number of hydrogen-bond donors (Lipinski definition) is 1. The summed E-state index contributed by atoms with van der Waals surface area (Å²) < 4.78 is 2.41. The number of rotatable bonds is 3. The largest absolute Gasteiger partial charge is 0.347 e. The van der Waals surface area contributed by atoms with Gasteiger partial charge in [-0.25, -0.2) is 0 Å². The van der Waals surface area contributed by atoms with E-state index in [4.69, 9.17) is 0 Å². The Morgan fingerprint density at radius 2 is 2.11 bits per heavy atom. The zero-order valence-corrected chi connectivity index (χ0v) is 11.8. The van der Waals surface area contributed by atoms with Crippen molar-refractivity contribution in [2.45, 2.75) is 26.8 Å². The van der Waals surface area contributed by atoms with E-state index < -0.39 is 0 Å². The first-order chi connectivity index (χ1) is 9.25. The highest BCUT2D eigenvalue weighted by Gasteiger charge is 2.13. The molecule has 100 valence electrons. The second-order valence-electron chi connectivity index (χ2n) is 5.79. The minimum atomic E-state index is 0.672. The van der Waals surface area contributed by atoms with Crippen molar-refractivity contribution in [2.24, 2.45) is 5.92 Å². The highest BCUT2D eigenvalue weighted by molar-refractivity contribution is 5.93. The zero-order valence-electron chi connectivity index (χ0n) is 11.8. The van der Waals surface area contributed by atoms with Crippen LogP contribution in [0.25, 0.3) is 16.5 Å². The van der Waals surface area contributed by atoms with Gasteiger partial charge in [-0.05, 0) is 30.5 Å². The zero-order chi connectivity index (χ0) is 13.2. The van der Waals surface area contributed by atoms with Crippen molar-refractivity contribution in [3.8, 4) is 0 Å². The lowest BCUT2D eigenvalue weighted by Crippen LogP contribution is -2.19. The predicted octanol–water partition coefficient (Wildman–Crippen LogP) is 3.67. The average Bonchev–Trinajstić information content (AvgIpc) is 2.78. The quantitative estimate of drug-likeness (QED) is 0.884. The van der Waals surface area contributed by atoms with Gasteiger partial charge in [0, 0.05) is 35.8 Å². The van der Waals surface area contributed by atoms with Gasteiger partial charge in [-0.1, -0.05) is 38.1 Å². The van der Waals surface area contributed by atoms with Gasteiger partial charge in [-0.15, -0.1) is 0 Å². The Hall–Kier alpha value is -1.54. The number of para-hydroxylation sites is 1. The fourth-order valence-corrected chi connectivity index (χ4v) is 2.91. The van der Waals surface area contributed by atoms with Gasteiger partial charge < -0.3 is 9.88 Å². The van der Waals surface area contributed by atoms with E-state index in [0.29, 0.717) is 5.92 Å². The summed E-state index contributed by atoms with van der Waals surface area (Å²) in [5.74, 6) is 0.672. The van der Waals surface area contributed by atoms with E-state index in [2.05, 4.69) is 60.3 Å². The molecule has 0 amide bonds. The molecule has 0 saturated heterocycles. The molecule has 0 saturated carbocycles.